The van der Waals surface area contributed by atoms with Crippen LogP contribution in [0, 0.1) is 16.0 Å². The second-order valence-corrected chi connectivity index (χ2v) is 5.38. The van der Waals surface area contributed by atoms with Crippen LogP contribution in [0.15, 0.2) is 18.2 Å². The number of nitro benzene ring substituents is 1. The average Bonchev–Trinajstić information content (AvgIpc) is 2.34. The number of nitrogens with zero attached hydrogens (tertiary/aromatic N) is 2. The standard InChI is InChI=1S/C14H22N2O3/c1-10(2)8-15(11(3)4)13-6-5-12(9-17)7-14(13)16(18)19/h5-7,10-11,17H,8-9H2,1-4H3. The number of aliphatic hydroxyl groups excluding tert-OH is 1. The van der Waals surface area contributed by atoms with Gasteiger partial charge in [0.25, 0.3) is 5.69 Å². The Labute approximate surface area is 114 Å². The van der Waals surface area contributed by atoms with E-state index in [2.05, 4.69) is 13.8 Å². The number of rotatable bonds is 6. The Bertz CT molecular complexity index is 444. The minimum absolute atomic E-state index is 0.0564. The van der Waals surface area contributed by atoms with Gasteiger partial charge in [-0.05, 0) is 31.4 Å². The third-order valence-corrected chi connectivity index (χ3v) is 2.91. The van der Waals surface area contributed by atoms with Crippen molar-refractivity contribution in [2.24, 2.45) is 5.92 Å². The van der Waals surface area contributed by atoms with E-state index in [9.17, 15) is 10.1 Å². The maximum absolute atomic E-state index is 11.2. The predicted octanol–water partition coefficient (Wildman–Crippen LogP) is 2.96. The molecular formula is C14H22N2O3. The smallest absolute Gasteiger partial charge is 0.292 e. The summed E-state index contributed by atoms with van der Waals surface area (Å²) in [5.41, 5.74) is 1.23. The lowest BCUT2D eigenvalue weighted by molar-refractivity contribution is -0.384. The molecule has 1 aromatic rings. The Kier molecular flexibility index (Phi) is 5.30. The highest BCUT2D eigenvalue weighted by molar-refractivity contribution is 5.64. The van der Waals surface area contributed by atoms with Crippen LogP contribution in [0.3, 0.4) is 0 Å². The number of anilines is 1. The van der Waals surface area contributed by atoms with Crippen LogP contribution in [-0.4, -0.2) is 22.6 Å². The maximum Gasteiger partial charge on any atom is 0.292 e. The predicted molar refractivity (Wildman–Crippen MR) is 76.3 cm³/mol. The number of hydrogen-bond donors (Lipinski definition) is 1. The minimum atomic E-state index is -0.385. The van der Waals surface area contributed by atoms with Crippen molar-refractivity contribution < 1.29 is 10.0 Å². The lowest BCUT2D eigenvalue weighted by Crippen LogP contribution is -2.34. The summed E-state index contributed by atoms with van der Waals surface area (Å²) < 4.78 is 0. The molecule has 0 spiro atoms. The molecule has 106 valence electrons. The summed E-state index contributed by atoms with van der Waals surface area (Å²) in [5, 5.41) is 20.3. The third kappa shape index (κ3) is 3.92. The van der Waals surface area contributed by atoms with Gasteiger partial charge in [-0.3, -0.25) is 10.1 Å². The van der Waals surface area contributed by atoms with Gasteiger partial charge in [0.1, 0.15) is 5.69 Å². The molecule has 0 fully saturated rings. The summed E-state index contributed by atoms with van der Waals surface area (Å²) in [4.78, 5) is 12.8. The highest BCUT2D eigenvalue weighted by atomic mass is 16.6. The Balaban J connectivity index is 3.25. The van der Waals surface area contributed by atoms with Gasteiger partial charge < -0.3 is 10.0 Å². The second kappa shape index (κ2) is 6.52. The van der Waals surface area contributed by atoms with Crippen LogP contribution in [0.5, 0.6) is 0 Å². The molecule has 0 aromatic heterocycles. The fourth-order valence-corrected chi connectivity index (χ4v) is 2.04. The van der Waals surface area contributed by atoms with Crippen LogP contribution in [0.1, 0.15) is 33.3 Å². The minimum Gasteiger partial charge on any atom is -0.392 e. The number of hydrogen-bond acceptors (Lipinski definition) is 4. The van der Waals surface area contributed by atoms with E-state index >= 15 is 0 Å². The van der Waals surface area contributed by atoms with Crippen molar-refractivity contribution in [2.75, 3.05) is 11.4 Å². The largest absolute Gasteiger partial charge is 0.392 e. The molecule has 0 radical (unpaired) electrons. The molecule has 5 heteroatoms. The quantitative estimate of drug-likeness (QED) is 0.635. The van der Waals surface area contributed by atoms with Crippen molar-refractivity contribution in [2.45, 2.75) is 40.3 Å². The lowest BCUT2D eigenvalue weighted by Gasteiger charge is -2.30. The van der Waals surface area contributed by atoms with Crippen LogP contribution in [0.4, 0.5) is 11.4 Å². The molecule has 1 N–H and O–H groups in total. The van der Waals surface area contributed by atoms with Gasteiger partial charge in [0.05, 0.1) is 11.5 Å². The molecule has 1 aromatic carbocycles. The summed E-state index contributed by atoms with van der Waals surface area (Å²) in [5.74, 6) is 0.416. The Morgan fingerprint density at radius 2 is 1.95 bits per heavy atom. The first-order valence-corrected chi connectivity index (χ1v) is 6.51. The van der Waals surface area contributed by atoms with E-state index in [1.54, 1.807) is 12.1 Å². The fraction of sp³-hybridized carbons (Fsp3) is 0.571. The lowest BCUT2D eigenvalue weighted by atomic mass is 10.1. The van der Waals surface area contributed by atoms with Crippen molar-refractivity contribution in [1.82, 2.24) is 0 Å². The molecule has 0 atom stereocenters. The van der Waals surface area contributed by atoms with Crippen LogP contribution in [0.2, 0.25) is 0 Å². The van der Waals surface area contributed by atoms with Crippen molar-refractivity contribution >= 4 is 11.4 Å². The normalized spacial score (nSPS) is 11.1. The molecule has 0 aliphatic rings. The molecule has 0 unspecified atom stereocenters. The van der Waals surface area contributed by atoms with E-state index in [4.69, 9.17) is 5.11 Å². The summed E-state index contributed by atoms with van der Waals surface area (Å²) in [6.45, 7) is 8.79. The van der Waals surface area contributed by atoms with Crippen LogP contribution in [-0.2, 0) is 6.61 Å². The third-order valence-electron chi connectivity index (χ3n) is 2.91. The van der Waals surface area contributed by atoms with E-state index in [0.717, 1.165) is 6.54 Å². The van der Waals surface area contributed by atoms with Gasteiger partial charge in [-0.2, -0.15) is 0 Å². The van der Waals surface area contributed by atoms with Gasteiger partial charge >= 0.3 is 0 Å². The van der Waals surface area contributed by atoms with Gasteiger partial charge in [-0.15, -0.1) is 0 Å². The summed E-state index contributed by atoms with van der Waals surface area (Å²) >= 11 is 0. The molecule has 0 aliphatic carbocycles. The summed E-state index contributed by atoms with van der Waals surface area (Å²) in [6.07, 6.45) is 0. The Morgan fingerprint density at radius 1 is 1.32 bits per heavy atom. The van der Waals surface area contributed by atoms with E-state index < -0.39 is 0 Å². The maximum atomic E-state index is 11.2. The van der Waals surface area contributed by atoms with Gasteiger partial charge in [0.15, 0.2) is 0 Å². The molecule has 0 bridgehead atoms. The first-order chi connectivity index (χ1) is 8.86. The molecule has 5 nitrogen and oxygen atoms in total. The highest BCUT2D eigenvalue weighted by Gasteiger charge is 2.22. The molecular weight excluding hydrogens is 244 g/mol. The van der Waals surface area contributed by atoms with Gasteiger partial charge in [-0.1, -0.05) is 19.9 Å². The van der Waals surface area contributed by atoms with Crippen LogP contribution in [0.25, 0.3) is 0 Å². The zero-order valence-electron chi connectivity index (χ0n) is 12.0. The first-order valence-electron chi connectivity index (χ1n) is 6.51. The van der Waals surface area contributed by atoms with E-state index in [1.807, 2.05) is 18.7 Å². The second-order valence-electron chi connectivity index (χ2n) is 5.38. The summed E-state index contributed by atoms with van der Waals surface area (Å²) in [6, 6.07) is 5.09. The van der Waals surface area contributed by atoms with Gasteiger partial charge in [0, 0.05) is 18.7 Å². The molecule has 19 heavy (non-hydrogen) atoms. The van der Waals surface area contributed by atoms with Gasteiger partial charge in [-0.25, -0.2) is 0 Å². The van der Waals surface area contributed by atoms with E-state index in [0.29, 0.717) is 17.2 Å². The number of nitro groups is 1. The molecule has 0 amide bonds. The number of benzene rings is 1. The van der Waals surface area contributed by atoms with Crippen LogP contribution >= 0.6 is 0 Å². The first kappa shape index (κ1) is 15.4. The van der Waals surface area contributed by atoms with Crippen LogP contribution < -0.4 is 4.90 Å². The van der Waals surface area contributed by atoms with Gasteiger partial charge in [0.2, 0.25) is 0 Å². The average molecular weight is 266 g/mol. The molecule has 0 saturated carbocycles. The van der Waals surface area contributed by atoms with E-state index in [-0.39, 0.29) is 23.3 Å². The van der Waals surface area contributed by atoms with Crippen molar-refractivity contribution in [3.63, 3.8) is 0 Å². The molecule has 0 heterocycles. The van der Waals surface area contributed by atoms with Crippen molar-refractivity contribution in [3.8, 4) is 0 Å². The molecule has 0 aliphatic heterocycles. The topological polar surface area (TPSA) is 66.6 Å². The zero-order chi connectivity index (χ0) is 14.6. The highest BCUT2D eigenvalue weighted by Crippen LogP contribution is 2.31. The Hall–Kier alpha value is -1.62. The summed E-state index contributed by atoms with van der Waals surface area (Å²) in [7, 11) is 0. The van der Waals surface area contributed by atoms with E-state index in [1.165, 1.54) is 6.07 Å². The zero-order valence-corrected chi connectivity index (χ0v) is 12.0. The number of aliphatic hydroxyl groups is 1. The SMILES string of the molecule is CC(C)CN(c1ccc(CO)cc1[N+](=O)[O-])C(C)C. The fourth-order valence-electron chi connectivity index (χ4n) is 2.04. The molecule has 0 saturated heterocycles. The Morgan fingerprint density at radius 3 is 2.37 bits per heavy atom. The van der Waals surface area contributed by atoms with Crippen molar-refractivity contribution in [1.29, 1.82) is 0 Å². The molecule has 1 rings (SSSR count). The monoisotopic (exact) mass is 266 g/mol. The van der Waals surface area contributed by atoms with Crippen molar-refractivity contribution in [3.05, 3.63) is 33.9 Å².